The van der Waals surface area contributed by atoms with Crippen molar-refractivity contribution in [3.05, 3.63) is 46.8 Å². The average molecular weight is 758 g/mol. The van der Waals surface area contributed by atoms with Gasteiger partial charge in [0, 0.05) is 18.0 Å². The zero-order valence-corrected chi connectivity index (χ0v) is 29.2. The summed E-state index contributed by atoms with van der Waals surface area (Å²) in [6, 6.07) is 0. The van der Waals surface area contributed by atoms with Gasteiger partial charge in [0.05, 0.1) is 44.5 Å². The molecule has 4 aromatic heterocycles. The first-order valence-electron chi connectivity index (χ1n) is 15.7. The highest BCUT2D eigenvalue weighted by molar-refractivity contribution is 8.44. The van der Waals surface area contributed by atoms with E-state index in [2.05, 4.69) is 32.2 Å². The second kappa shape index (κ2) is 13.1. The van der Waals surface area contributed by atoms with Gasteiger partial charge in [-0.3, -0.25) is 23.0 Å². The molecule has 3 saturated heterocycles. The molecule has 0 radical (unpaired) electrons. The number of fused-ring (bicyclic) bond motifs is 4. The van der Waals surface area contributed by atoms with Crippen LogP contribution in [-0.4, -0.2) is 99.1 Å². The molecule has 0 aromatic carbocycles. The molecule has 4 aromatic rings. The van der Waals surface area contributed by atoms with Gasteiger partial charge in [-0.15, -0.1) is 0 Å². The summed E-state index contributed by atoms with van der Waals surface area (Å²) in [4.78, 5) is 41.6. The number of thiol groups is 1. The van der Waals surface area contributed by atoms with E-state index in [4.69, 9.17) is 39.4 Å². The van der Waals surface area contributed by atoms with Crippen LogP contribution in [0.15, 0.2) is 30.0 Å². The summed E-state index contributed by atoms with van der Waals surface area (Å²) < 4.78 is 53.8. The van der Waals surface area contributed by atoms with Crippen LogP contribution in [0.5, 0.6) is 0 Å². The van der Waals surface area contributed by atoms with Gasteiger partial charge in [-0.1, -0.05) is 12.2 Å². The maximum Gasteiger partial charge on any atom is 0.386 e. The third-order valence-corrected chi connectivity index (χ3v) is 12.4. The second-order valence-corrected chi connectivity index (χ2v) is 17.9. The Hall–Kier alpha value is -2.16. The summed E-state index contributed by atoms with van der Waals surface area (Å²) in [5, 5.41) is 21.6. The molecule has 4 aliphatic rings. The number of imidazole rings is 1. The Morgan fingerprint density at radius 2 is 1.80 bits per heavy atom. The van der Waals surface area contributed by atoms with Gasteiger partial charge in [0.2, 0.25) is 0 Å². The van der Waals surface area contributed by atoms with Crippen LogP contribution >= 0.6 is 25.8 Å². The summed E-state index contributed by atoms with van der Waals surface area (Å²) in [7, 11) is 0. The first kappa shape index (κ1) is 34.0. The van der Waals surface area contributed by atoms with Crippen LogP contribution in [0.25, 0.3) is 22.2 Å². The first-order chi connectivity index (χ1) is 23.5. The summed E-state index contributed by atoms with van der Waals surface area (Å²) in [6.07, 6.45) is 2.41. The molecule has 2 bridgehead atoms. The molecule has 264 valence electrons. The van der Waals surface area contributed by atoms with Crippen molar-refractivity contribution in [2.24, 2.45) is 0 Å². The lowest BCUT2D eigenvalue weighted by atomic mass is 10.1. The van der Waals surface area contributed by atoms with Crippen LogP contribution in [0.3, 0.4) is 0 Å². The van der Waals surface area contributed by atoms with E-state index >= 15 is 0 Å². The van der Waals surface area contributed by atoms with Gasteiger partial charge in [-0.05, 0) is 43.1 Å². The molecule has 0 spiro atoms. The number of rotatable bonds is 4. The fraction of sp³-hybridized carbons (Fsp3) is 0.593. The number of aliphatic hydroxyl groups is 2. The van der Waals surface area contributed by atoms with Crippen molar-refractivity contribution in [1.29, 1.82) is 0 Å². The first-order valence-corrected chi connectivity index (χ1v) is 21.0. The van der Waals surface area contributed by atoms with Gasteiger partial charge >= 0.3 is 13.5 Å². The molecule has 1 aliphatic carbocycles. The molecule has 8 rings (SSSR count). The maximum atomic E-state index is 13.7. The zero-order chi connectivity index (χ0) is 34.1. The van der Waals surface area contributed by atoms with Crippen molar-refractivity contribution >= 4 is 59.8 Å². The van der Waals surface area contributed by atoms with Gasteiger partial charge in [-0.2, -0.15) is 0 Å². The standard InChI is InChI=1S/C27H33N7O11P2S2/c35-6-5-32-12-31-25-21(26(32)37)30-13-34(25)27-23-22(36)18(43-27)10-41-46(38,48)44-16-7-19(42-17(16)9-40-47(39,49)45-23)33-8-14-3-1-2-4-15-20(14)24(33)29-11-28-15/h8,11-13,16-19,22-23,27,35-36H,1-7,9-10H2,(H,38,48)(H,39,49)/t16-,17+,18+,19+,22+,23+,27+,46?,47?/m0/s1. The number of aromatic nitrogens is 7. The molecule has 3 aliphatic heterocycles. The lowest BCUT2D eigenvalue weighted by Gasteiger charge is -2.26. The average Bonchev–Trinajstić information content (AvgIpc) is 3.80. The van der Waals surface area contributed by atoms with Crippen LogP contribution in [-0.2, 0) is 63.3 Å². The van der Waals surface area contributed by atoms with Crippen LogP contribution < -0.4 is 5.56 Å². The number of aryl methyl sites for hydroxylation is 2. The molecule has 9 atom stereocenters. The highest BCUT2D eigenvalue weighted by Gasteiger charge is 2.51. The predicted molar refractivity (Wildman–Crippen MR) is 176 cm³/mol. The Labute approximate surface area is 288 Å². The number of hydrogen-bond donors (Lipinski definition) is 4. The highest BCUT2D eigenvalue weighted by Crippen LogP contribution is 2.58. The molecule has 3 N–H and O–H groups in total. The number of nitrogens with zero attached hydrogens (tertiary/aromatic N) is 7. The van der Waals surface area contributed by atoms with Crippen LogP contribution in [0, 0.1) is 0 Å². The summed E-state index contributed by atoms with van der Waals surface area (Å²) in [6.45, 7) is -9.28. The third kappa shape index (κ3) is 6.34. The van der Waals surface area contributed by atoms with E-state index in [9.17, 15) is 24.5 Å². The summed E-state index contributed by atoms with van der Waals surface area (Å²) in [5.74, 6) is 0. The van der Waals surface area contributed by atoms with E-state index in [1.165, 1.54) is 28.1 Å². The monoisotopic (exact) mass is 757 g/mol. The molecule has 22 heteroatoms. The molecule has 49 heavy (non-hydrogen) atoms. The number of hydrogen-bond acceptors (Lipinski definition) is 15. The van der Waals surface area contributed by atoms with E-state index < -0.39 is 68.7 Å². The summed E-state index contributed by atoms with van der Waals surface area (Å²) >= 11 is 9.58. The zero-order valence-electron chi connectivity index (χ0n) is 25.7. The van der Waals surface area contributed by atoms with Crippen molar-refractivity contribution in [2.75, 3.05) is 19.8 Å². The molecule has 3 fully saturated rings. The van der Waals surface area contributed by atoms with Crippen LogP contribution in [0.2, 0.25) is 0 Å². The Bertz CT molecular complexity index is 2060. The van der Waals surface area contributed by atoms with Gasteiger partial charge in [0.25, 0.3) is 5.56 Å². The fourth-order valence-corrected chi connectivity index (χ4v) is 9.82. The molecule has 0 amide bonds. The Morgan fingerprint density at radius 1 is 0.980 bits per heavy atom. The smallest absolute Gasteiger partial charge is 0.386 e. The lowest BCUT2D eigenvalue weighted by molar-refractivity contribution is -0.0582. The molecule has 0 saturated carbocycles. The van der Waals surface area contributed by atoms with E-state index in [-0.39, 0.29) is 37.3 Å². The van der Waals surface area contributed by atoms with Gasteiger partial charge in [0.15, 0.2) is 17.4 Å². The largest absolute Gasteiger partial charge is 0.395 e. The molecular weight excluding hydrogens is 724 g/mol. The second-order valence-electron chi connectivity index (χ2n) is 12.2. The molecule has 2 unspecified atom stereocenters. The van der Waals surface area contributed by atoms with Gasteiger partial charge in [-0.25, -0.2) is 24.5 Å². The maximum absolute atomic E-state index is 13.7. The minimum atomic E-state index is -4.25. The van der Waals surface area contributed by atoms with Crippen molar-refractivity contribution in [1.82, 2.24) is 33.6 Å². The van der Waals surface area contributed by atoms with Crippen LogP contribution in [0.1, 0.15) is 43.0 Å². The van der Waals surface area contributed by atoms with E-state index in [0.717, 1.165) is 42.3 Å². The number of aliphatic hydroxyl groups excluding tert-OH is 2. The Balaban J connectivity index is 1.08. The van der Waals surface area contributed by atoms with Crippen molar-refractivity contribution < 1.29 is 47.2 Å². The highest BCUT2D eigenvalue weighted by atomic mass is 32.7. The predicted octanol–water partition coefficient (Wildman–Crippen LogP) is 1.53. The summed E-state index contributed by atoms with van der Waals surface area (Å²) in [5.41, 5.74) is 2.35. The Kier molecular flexibility index (Phi) is 9.09. The number of ether oxygens (including phenoxy) is 2. The van der Waals surface area contributed by atoms with Crippen molar-refractivity contribution in [3.63, 3.8) is 0 Å². The minimum Gasteiger partial charge on any atom is -0.395 e. The van der Waals surface area contributed by atoms with E-state index in [0.29, 0.717) is 5.65 Å². The van der Waals surface area contributed by atoms with Crippen molar-refractivity contribution in [2.45, 2.75) is 81.6 Å². The normalized spacial score (nSPS) is 35.5. The lowest BCUT2D eigenvalue weighted by Crippen LogP contribution is -2.35. The van der Waals surface area contributed by atoms with Crippen LogP contribution in [0.4, 0.5) is 0 Å². The molecule has 7 heterocycles. The van der Waals surface area contributed by atoms with E-state index in [1.807, 2.05) is 10.8 Å². The quantitative estimate of drug-likeness (QED) is 0.171. The Morgan fingerprint density at radius 3 is 2.63 bits per heavy atom. The van der Waals surface area contributed by atoms with Gasteiger partial charge in [0.1, 0.15) is 48.9 Å². The fourth-order valence-electron chi connectivity index (χ4n) is 6.88. The topological polar surface area (TPSA) is 217 Å². The van der Waals surface area contributed by atoms with Crippen molar-refractivity contribution in [3.8, 4) is 0 Å². The minimum absolute atomic E-state index is 0.0123. The molecule has 18 nitrogen and oxygen atoms in total. The van der Waals surface area contributed by atoms with E-state index in [1.54, 1.807) is 0 Å². The van der Waals surface area contributed by atoms with Gasteiger partial charge < -0.3 is 38.2 Å². The molecular formula is C27H33N7O11P2S2. The third-order valence-electron chi connectivity index (χ3n) is 9.17. The SMILES string of the molecule is O=c1c2ncn([C@@H]3O[C@@H]4COP(O)(=S)O[C@H]5C[C@H](n6cc7c8c(ncnc86)CCCC7)O[C@@H]5COP(=O)(S)O[C@@H]3[C@@H]4O)c2ncn1CCO.